The van der Waals surface area contributed by atoms with Crippen LogP contribution in [0.15, 0.2) is 134 Å². The van der Waals surface area contributed by atoms with Gasteiger partial charge in [-0.05, 0) is 111 Å². The Kier molecular flexibility index (Phi) is 12.7. The molecule has 4 aromatic carbocycles. The van der Waals surface area contributed by atoms with E-state index in [-0.39, 0.29) is 35.2 Å². The van der Waals surface area contributed by atoms with Crippen LogP contribution in [0.25, 0.3) is 22.1 Å². The predicted octanol–water partition coefficient (Wildman–Crippen LogP) is 9.41. The zero-order valence-corrected chi connectivity index (χ0v) is 36.6. The summed E-state index contributed by atoms with van der Waals surface area (Å²) in [4.78, 5) is 76.9. The van der Waals surface area contributed by atoms with E-state index in [4.69, 9.17) is 9.47 Å². The van der Waals surface area contributed by atoms with Crippen molar-refractivity contribution in [3.8, 4) is 23.3 Å². The molecule has 10 rings (SSSR count). The third kappa shape index (κ3) is 9.72. The Bertz CT molecular complexity index is 2760. The molecule has 2 saturated heterocycles. The van der Waals surface area contributed by atoms with Crippen molar-refractivity contribution in [1.82, 2.24) is 39.7 Å². The fraction of sp³-hybridized carbons (Fsp3) is 0.231. The van der Waals surface area contributed by atoms with Crippen LogP contribution in [0.2, 0.25) is 0 Å². The van der Waals surface area contributed by atoms with E-state index in [9.17, 15) is 19.2 Å². The first-order valence-corrected chi connectivity index (χ1v) is 22.1. The van der Waals surface area contributed by atoms with E-state index in [0.29, 0.717) is 59.1 Å². The molecule has 2 fully saturated rings. The molecular weight excluding hydrogens is 833 g/mol. The summed E-state index contributed by atoms with van der Waals surface area (Å²) >= 11 is 0. The summed E-state index contributed by atoms with van der Waals surface area (Å²) < 4.78 is 12.2. The van der Waals surface area contributed by atoms with Crippen molar-refractivity contribution in [2.45, 2.75) is 51.4 Å². The third-order valence-electron chi connectivity index (χ3n) is 12.1. The van der Waals surface area contributed by atoms with E-state index >= 15 is 0 Å². The Hall–Kier alpha value is -8.00. The van der Waals surface area contributed by atoms with Crippen LogP contribution in [0.5, 0.6) is 23.3 Å². The second kappa shape index (κ2) is 19.4. The Morgan fingerprint density at radius 3 is 1.33 bits per heavy atom. The van der Waals surface area contributed by atoms with Crippen LogP contribution in [-0.2, 0) is 9.59 Å². The van der Waals surface area contributed by atoms with E-state index in [0.717, 1.165) is 72.0 Å². The normalized spacial score (nSPS) is 16.0. The molecule has 2 amide bonds. The molecule has 2 aliphatic rings. The Balaban J connectivity index is 0.000000166. The minimum absolute atomic E-state index is 0.0933. The van der Waals surface area contributed by atoms with Crippen molar-refractivity contribution in [2.75, 3.05) is 26.2 Å². The van der Waals surface area contributed by atoms with Gasteiger partial charge in [-0.2, -0.15) is 0 Å². The van der Waals surface area contributed by atoms with E-state index in [1.54, 1.807) is 74.8 Å². The van der Waals surface area contributed by atoms with Gasteiger partial charge in [-0.25, -0.2) is 19.9 Å². The van der Waals surface area contributed by atoms with E-state index < -0.39 is 0 Å². The molecule has 2 atom stereocenters. The zero-order chi connectivity index (χ0) is 45.6. The molecular formula is C52H48N8O6. The van der Waals surface area contributed by atoms with Gasteiger partial charge >= 0.3 is 0 Å². The highest BCUT2D eigenvalue weighted by Crippen LogP contribution is 2.36. The lowest BCUT2D eigenvalue weighted by atomic mass is 9.91. The van der Waals surface area contributed by atoms with Gasteiger partial charge in [0.2, 0.25) is 35.1 Å². The number of aromatic amines is 2. The van der Waals surface area contributed by atoms with Crippen LogP contribution < -0.4 is 9.47 Å². The lowest BCUT2D eigenvalue weighted by Gasteiger charge is -2.32. The lowest BCUT2D eigenvalue weighted by molar-refractivity contribution is -0.130. The fourth-order valence-electron chi connectivity index (χ4n) is 8.60. The number of fused-ring (bicyclic) bond motifs is 2. The van der Waals surface area contributed by atoms with Crippen molar-refractivity contribution in [1.29, 1.82) is 0 Å². The van der Waals surface area contributed by atoms with Crippen molar-refractivity contribution >= 4 is 45.4 Å². The Morgan fingerprint density at radius 1 is 0.530 bits per heavy atom. The molecule has 4 aromatic heterocycles. The number of imidazole rings is 2. The highest BCUT2D eigenvalue weighted by atomic mass is 16.5. The first-order valence-electron chi connectivity index (χ1n) is 22.1. The summed E-state index contributed by atoms with van der Waals surface area (Å²) in [6.07, 6.45) is 7.27. The second-order valence-corrected chi connectivity index (χ2v) is 16.5. The molecule has 14 heteroatoms. The van der Waals surface area contributed by atoms with Gasteiger partial charge in [0, 0.05) is 86.5 Å². The zero-order valence-electron chi connectivity index (χ0n) is 36.6. The number of rotatable bonds is 10. The maximum absolute atomic E-state index is 12.9. The number of hydrogen-bond acceptors (Lipinski definition) is 10. The van der Waals surface area contributed by atoms with Crippen LogP contribution in [0.3, 0.4) is 0 Å². The number of amides is 2. The topological polar surface area (TPSA) is 176 Å². The van der Waals surface area contributed by atoms with E-state index in [1.807, 2.05) is 82.6 Å². The predicted molar refractivity (Wildman–Crippen MR) is 249 cm³/mol. The number of nitrogens with one attached hydrogen (secondary N) is 2. The summed E-state index contributed by atoms with van der Waals surface area (Å²) in [5, 5.41) is 0. The van der Waals surface area contributed by atoms with Crippen LogP contribution in [0.4, 0.5) is 0 Å². The average Bonchev–Trinajstić information content (AvgIpc) is 4.00. The molecule has 2 N–H and O–H groups in total. The summed E-state index contributed by atoms with van der Waals surface area (Å²) in [6, 6.07) is 36.9. The molecule has 0 saturated carbocycles. The molecule has 0 aliphatic carbocycles. The number of aromatic nitrogens is 6. The smallest absolute Gasteiger partial charge is 0.228 e. The summed E-state index contributed by atoms with van der Waals surface area (Å²) in [6.45, 7) is 6.14. The first kappa shape index (κ1) is 43.3. The summed E-state index contributed by atoms with van der Waals surface area (Å²) in [5.74, 6) is 3.06. The molecule has 6 heterocycles. The van der Waals surface area contributed by atoms with Gasteiger partial charge in [0.25, 0.3) is 0 Å². The molecule has 0 radical (unpaired) electrons. The van der Waals surface area contributed by atoms with Crippen LogP contribution in [0.1, 0.15) is 94.9 Å². The third-order valence-corrected chi connectivity index (χ3v) is 12.1. The maximum atomic E-state index is 12.9. The monoisotopic (exact) mass is 880 g/mol. The van der Waals surface area contributed by atoms with Gasteiger partial charge in [0.05, 0.1) is 22.1 Å². The number of nitrogens with zero attached hydrogens (tertiary/aromatic N) is 6. The number of likely N-dealkylation sites (tertiary alicyclic amines) is 2. The Morgan fingerprint density at radius 2 is 0.939 bits per heavy atom. The molecule has 66 heavy (non-hydrogen) atoms. The number of pyridine rings is 2. The Labute approximate surface area is 381 Å². The van der Waals surface area contributed by atoms with Gasteiger partial charge in [0.15, 0.2) is 11.6 Å². The minimum Gasteiger partial charge on any atom is -0.439 e. The average molecular weight is 881 g/mol. The minimum atomic E-state index is -0.178. The highest BCUT2D eigenvalue weighted by molar-refractivity contribution is 6.08. The maximum Gasteiger partial charge on any atom is 0.228 e. The molecule has 0 spiro atoms. The number of para-hydroxylation sites is 4. The summed E-state index contributed by atoms with van der Waals surface area (Å²) in [7, 11) is 0. The highest BCUT2D eigenvalue weighted by Gasteiger charge is 2.27. The number of piperidine rings is 2. The van der Waals surface area contributed by atoms with E-state index in [1.165, 1.54) is 0 Å². The van der Waals surface area contributed by atoms with Crippen LogP contribution in [-0.4, -0.2) is 89.3 Å². The quantitative estimate of drug-likeness (QED) is 0.126. The van der Waals surface area contributed by atoms with Gasteiger partial charge in [-0.1, -0.05) is 36.4 Å². The number of H-pyrrole nitrogens is 2. The first-order chi connectivity index (χ1) is 32.2. The standard InChI is InChI=1S/2C26H24N4O3/c2*1-17(31)30-15-5-6-19(16-30)21-7-4-14-27-26(21)33-20-12-10-18(11-13-20)24(32)25-28-22-8-2-3-9-23(22)29-25/h2*2-4,7-14,19H,5-6,15-16H2,1H3,(H,28,29). The fourth-order valence-corrected chi connectivity index (χ4v) is 8.60. The van der Waals surface area contributed by atoms with Crippen LogP contribution in [0, 0.1) is 0 Å². The van der Waals surface area contributed by atoms with Crippen molar-refractivity contribution in [3.63, 3.8) is 0 Å². The molecule has 2 aliphatic heterocycles. The van der Waals surface area contributed by atoms with Crippen LogP contribution >= 0.6 is 0 Å². The molecule has 0 bridgehead atoms. The van der Waals surface area contributed by atoms with Gasteiger partial charge in [0.1, 0.15) is 11.5 Å². The number of hydrogen-bond donors (Lipinski definition) is 2. The van der Waals surface area contributed by atoms with Crippen molar-refractivity contribution in [3.05, 3.63) is 168 Å². The number of carbonyl (C=O) groups excluding carboxylic acids is 4. The second-order valence-electron chi connectivity index (χ2n) is 16.5. The van der Waals surface area contributed by atoms with E-state index in [2.05, 4.69) is 29.9 Å². The number of carbonyl (C=O) groups is 4. The number of ketones is 2. The largest absolute Gasteiger partial charge is 0.439 e. The molecule has 332 valence electrons. The lowest BCUT2D eigenvalue weighted by Crippen LogP contribution is -2.37. The molecule has 8 aromatic rings. The van der Waals surface area contributed by atoms with Crippen molar-refractivity contribution in [2.24, 2.45) is 0 Å². The van der Waals surface area contributed by atoms with Gasteiger partial charge in [-0.3, -0.25) is 19.2 Å². The van der Waals surface area contributed by atoms with Gasteiger partial charge < -0.3 is 29.2 Å². The molecule has 2 unspecified atom stereocenters. The summed E-state index contributed by atoms with van der Waals surface area (Å²) in [5.41, 5.74) is 6.20. The van der Waals surface area contributed by atoms with Crippen molar-refractivity contribution < 1.29 is 28.7 Å². The SMILES string of the molecule is CC(=O)N1CCCC(c2cccnc2Oc2ccc(C(=O)c3nc4ccccc4[nH]3)cc2)C1.CC(=O)N1CCCC(c2cccnc2Oc2ccc(C(=O)c3nc4ccccc4[nH]3)cc2)C1. The van der Waals surface area contributed by atoms with Gasteiger partial charge in [-0.15, -0.1) is 0 Å². The molecule has 14 nitrogen and oxygen atoms in total. The number of ether oxygens (including phenoxy) is 2. The number of benzene rings is 4.